The van der Waals surface area contributed by atoms with Crippen molar-refractivity contribution in [2.24, 2.45) is 0 Å². The zero-order valence-corrected chi connectivity index (χ0v) is 19.4. The van der Waals surface area contributed by atoms with E-state index < -0.39 is 12.3 Å². The van der Waals surface area contributed by atoms with Crippen LogP contribution in [0.5, 0.6) is 0 Å². The first-order valence-electron chi connectivity index (χ1n) is 11.4. The van der Waals surface area contributed by atoms with Crippen molar-refractivity contribution in [1.29, 1.82) is 0 Å². The minimum Gasteiger partial charge on any atom is -0.458 e. The first-order chi connectivity index (χ1) is 15.6. The van der Waals surface area contributed by atoms with Crippen molar-refractivity contribution in [2.45, 2.75) is 77.5 Å². The van der Waals surface area contributed by atoms with Crippen LogP contribution in [-0.2, 0) is 4.74 Å². The van der Waals surface area contributed by atoms with Crippen LogP contribution >= 0.6 is 11.6 Å². The molecule has 8 heteroatoms. The minimum atomic E-state index is -0.682. The summed E-state index contributed by atoms with van der Waals surface area (Å²) in [6.45, 7) is 4.53. The summed E-state index contributed by atoms with van der Waals surface area (Å²) in [5.41, 5.74) is 0.906. The fourth-order valence-electron chi connectivity index (χ4n) is 3.91. The van der Waals surface area contributed by atoms with E-state index in [1.54, 1.807) is 4.57 Å². The van der Waals surface area contributed by atoms with E-state index in [0.29, 0.717) is 41.6 Å². The number of ether oxygens (including phenoxy) is 1. The highest BCUT2D eigenvalue weighted by Gasteiger charge is 2.33. The Morgan fingerprint density at radius 3 is 2.69 bits per heavy atom. The Morgan fingerprint density at radius 1 is 1.16 bits per heavy atom. The van der Waals surface area contributed by atoms with Crippen LogP contribution in [0, 0.1) is 18.8 Å². The summed E-state index contributed by atoms with van der Waals surface area (Å²) >= 11 is 6.47. The van der Waals surface area contributed by atoms with Gasteiger partial charge in [0.2, 0.25) is 5.82 Å². The summed E-state index contributed by atoms with van der Waals surface area (Å²) in [6, 6.07) is 3.69. The van der Waals surface area contributed by atoms with Gasteiger partial charge in [0.25, 0.3) is 0 Å². The van der Waals surface area contributed by atoms with E-state index in [0.717, 1.165) is 18.6 Å². The van der Waals surface area contributed by atoms with Gasteiger partial charge in [0.15, 0.2) is 28.6 Å². The molecule has 0 aromatic carbocycles. The van der Waals surface area contributed by atoms with Crippen LogP contribution in [0.25, 0.3) is 22.7 Å². The van der Waals surface area contributed by atoms with Gasteiger partial charge < -0.3 is 14.3 Å². The third kappa shape index (κ3) is 4.98. The molecule has 1 fully saturated rings. The average molecular weight is 457 g/mol. The van der Waals surface area contributed by atoms with Crippen LogP contribution in [-0.4, -0.2) is 37.3 Å². The van der Waals surface area contributed by atoms with Gasteiger partial charge in [0.05, 0.1) is 6.61 Å². The molecule has 1 aliphatic heterocycles. The average Bonchev–Trinajstić information content (AvgIpc) is 3.48. The molecule has 2 atom stereocenters. The molecule has 0 unspecified atom stereocenters. The normalized spacial score (nSPS) is 18.2. The predicted molar refractivity (Wildman–Crippen MR) is 123 cm³/mol. The number of aliphatic hydroxyl groups is 1. The van der Waals surface area contributed by atoms with Crippen LogP contribution in [0.3, 0.4) is 0 Å². The molecule has 32 heavy (non-hydrogen) atoms. The molecule has 1 aliphatic rings. The predicted octanol–water partition coefficient (Wildman–Crippen LogP) is 5.43. The van der Waals surface area contributed by atoms with Gasteiger partial charge in [-0.25, -0.2) is 15.0 Å². The Hall–Kier alpha value is -2.40. The summed E-state index contributed by atoms with van der Waals surface area (Å²) < 4.78 is 13.4. The van der Waals surface area contributed by atoms with Gasteiger partial charge in [-0.05, 0) is 31.4 Å². The van der Waals surface area contributed by atoms with Gasteiger partial charge in [-0.15, -0.1) is 0 Å². The Morgan fingerprint density at radius 2 is 1.97 bits per heavy atom. The molecule has 1 N–H and O–H groups in total. The van der Waals surface area contributed by atoms with Crippen molar-refractivity contribution >= 4 is 22.8 Å². The van der Waals surface area contributed by atoms with Crippen LogP contribution < -0.4 is 0 Å². The van der Waals surface area contributed by atoms with Crippen LogP contribution in [0.4, 0.5) is 0 Å². The topological polar surface area (TPSA) is 86.2 Å². The molecule has 0 amide bonds. The summed E-state index contributed by atoms with van der Waals surface area (Å²) in [5.74, 6) is 8.33. The second-order valence-electron chi connectivity index (χ2n) is 8.16. The molecule has 3 aromatic heterocycles. The highest BCUT2D eigenvalue weighted by molar-refractivity contribution is 6.33. The lowest BCUT2D eigenvalue weighted by molar-refractivity contribution is -0.00536. The lowest BCUT2D eigenvalue weighted by Crippen LogP contribution is -2.20. The maximum absolute atomic E-state index is 10.5. The summed E-state index contributed by atoms with van der Waals surface area (Å²) in [7, 11) is 0. The number of aromatic nitrogens is 4. The molecule has 7 nitrogen and oxygen atoms in total. The molecule has 0 saturated carbocycles. The summed E-state index contributed by atoms with van der Waals surface area (Å²) in [4.78, 5) is 13.6. The number of hydrogen-bond donors (Lipinski definition) is 1. The van der Waals surface area contributed by atoms with Gasteiger partial charge in [-0.2, -0.15) is 0 Å². The smallest absolute Gasteiger partial charge is 0.208 e. The van der Waals surface area contributed by atoms with E-state index >= 15 is 0 Å². The van der Waals surface area contributed by atoms with Gasteiger partial charge in [0, 0.05) is 12.8 Å². The highest BCUT2D eigenvalue weighted by atomic mass is 35.5. The van der Waals surface area contributed by atoms with Gasteiger partial charge >= 0.3 is 0 Å². The Bertz CT molecular complexity index is 1130. The molecule has 0 spiro atoms. The SMILES string of the molecule is CCCCCCCCC#Cc1nc(Cl)c2nc(-c3ccc(C)o3)n([C@@H]3OCC[C@H]3O)c2n1. The number of rotatable bonds is 8. The van der Waals surface area contributed by atoms with Crippen molar-refractivity contribution in [3.8, 4) is 23.4 Å². The second-order valence-corrected chi connectivity index (χ2v) is 8.52. The molecule has 3 aromatic rings. The Balaban J connectivity index is 1.63. The van der Waals surface area contributed by atoms with Crippen molar-refractivity contribution in [2.75, 3.05) is 6.61 Å². The van der Waals surface area contributed by atoms with E-state index in [9.17, 15) is 5.11 Å². The molecular weight excluding hydrogens is 428 g/mol. The fourth-order valence-corrected chi connectivity index (χ4v) is 4.12. The van der Waals surface area contributed by atoms with Crippen molar-refractivity contribution in [3.63, 3.8) is 0 Å². The quantitative estimate of drug-likeness (QED) is 0.276. The van der Waals surface area contributed by atoms with E-state index in [4.69, 9.17) is 20.8 Å². The summed E-state index contributed by atoms with van der Waals surface area (Å²) in [6.07, 6.45) is 7.35. The Labute approximate surface area is 193 Å². The molecule has 4 heterocycles. The van der Waals surface area contributed by atoms with E-state index in [2.05, 4.69) is 33.7 Å². The standard InChI is InChI=1S/C24H29ClN4O3/c1-3-4-5-6-7-8-9-10-11-19-26-21(25)20-23(27-19)29(24-17(30)14-15-31-24)22(28-20)18-13-12-16(2)32-18/h12-13,17,24,30H,3-9,14-15H2,1-2H3/t17-,24-/m1/s1. The molecular formula is C24H29ClN4O3. The van der Waals surface area contributed by atoms with Crippen molar-refractivity contribution in [1.82, 2.24) is 19.5 Å². The molecule has 1 saturated heterocycles. The van der Waals surface area contributed by atoms with Gasteiger partial charge in [0.1, 0.15) is 17.4 Å². The third-order valence-electron chi connectivity index (χ3n) is 5.60. The molecule has 4 rings (SSSR count). The minimum absolute atomic E-state index is 0.217. The zero-order chi connectivity index (χ0) is 22.5. The maximum atomic E-state index is 10.5. The Kier molecular flexibility index (Phi) is 7.46. The first kappa shape index (κ1) is 22.8. The van der Waals surface area contributed by atoms with Crippen LogP contribution in [0.15, 0.2) is 16.5 Å². The molecule has 0 bridgehead atoms. The maximum Gasteiger partial charge on any atom is 0.208 e. The van der Waals surface area contributed by atoms with Gasteiger partial charge in [-0.3, -0.25) is 4.57 Å². The molecule has 0 radical (unpaired) electrons. The molecule has 0 aliphatic carbocycles. The lowest BCUT2D eigenvalue weighted by Gasteiger charge is -2.18. The van der Waals surface area contributed by atoms with E-state index in [-0.39, 0.29) is 5.15 Å². The number of unbranched alkanes of at least 4 members (excludes halogenated alkanes) is 6. The fraction of sp³-hybridized carbons (Fsp3) is 0.542. The first-order valence-corrected chi connectivity index (χ1v) is 11.8. The van der Waals surface area contributed by atoms with Gasteiger partial charge in [-0.1, -0.05) is 56.5 Å². The number of nitrogens with zero attached hydrogens (tertiary/aromatic N) is 4. The van der Waals surface area contributed by atoms with E-state index in [1.165, 1.54) is 32.1 Å². The van der Waals surface area contributed by atoms with Crippen molar-refractivity contribution < 1.29 is 14.3 Å². The highest BCUT2D eigenvalue weighted by Crippen LogP contribution is 2.35. The zero-order valence-electron chi connectivity index (χ0n) is 18.6. The third-order valence-corrected chi connectivity index (χ3v) is 5.86. The van der Waals surface area contributed by atoms with Crippen LogP contribution in [0.2, 0.25) is 5.15 Å². The number of hydrogen-bond acceptors (Lipinski definition) is 6. The number of aryl methyl sites for hydroxylation is 1. The number of fused-ring (bicyclic) bond motifs is 1. The lowest BCUT2D eigenvalue weighted by atomic mass is 10.1. The molecule has 170 valence electrons. The van der Waals surface area contributed by atoms with Crippen molar-refractivity contribution in [3.05, 3.63) is 28.9 Å². The number of furan rings is 1. The second kappa shape index (κ2) is 10.5. The number of halogens is 1. The largest absolute Gasteiger partial charge is 0.458 e. The monoisotopic (exact) mass is 456 g/mol. The summed E-state index contributed by atoms with van der Waals surface area (Å²) in [5, 5.41) is 10.7. The van der Waals surface area contributed by atoms with Crippen LogP contribution in [0.1, 0.15) is 76.1 Å². The van der Waals surface area contributed by atoms with E-state index in [1.807, 2.05) is 19.1 Å². The number of imidazole rings is 1. The number of aliphatic hydroxyl groups excluding tert-OH is 1.